The molecule has 0 unspecified atom stereocenters. The lowest BCUT2D eigenvalue weighted by Crippen LogP contribution is -2.23. The number of fused-ring (bicyclic) bond motifs is 1. The van der Waals surface area contributed by atoms with Crippen molar-refractivity contribution in [1.82, 2.24) is 20.5 Å². The molecular weight excluding hydrogens is 312 g/mol. The van der Waals surface area contributed by atoms with E-state index < -0.39 is 0 Å². The lowest BCUT2D eigenvalue weighted by Gasteiger charge is -2.00. The Balaban J connectivity index is 1.48. The second-order valence-corrected chi connectivity index (χ2v) is 5.87. The van der Waals surface area contributed by atoms with E-state index in [1.807, 2.05) is 41.8 Å². The standard InChI is InChI=1S/C16H12N4O2S/c21-15(14-11-4-1-2-5-12(11)19-20-14)17-8-10-9-22-16(18-10)13-6-3-7-23-13/h1-7,9H,8H2,(H,17,21)(H,19,20). The number of nitrogens with zero attached hydrogens (tertiary/aromatic N) is 2. The number of aromatic nitrogens is 3. The van der Waals surface area contributed by atoms with Crippen LogP contribution in [0.15, 0.2) is 52.5 Å². The molecule has 0 aliphatic carbocycles. The van der Waals surface area contributed by atoms with E-state index in [2.05, 4.69) is 20.5 Å². The molecule has 7 heteroatoms. The lowest BCUT2D eigenvalue weighted by atomic mass is 10.2. The molecule has 2 N–H and O–H groups in total. The number of amides is 1. The van der Waals surface area contributed by atoms with Crippen molar-refractivity contribution in [3.63, 3.8) is 0 Å². The predicted octanol–water partition coefficient (Wildman–Crippen LogP) is 3.21. The van der Waals surface area contributed by atoms with Gasteiger partial charge < -0.3 is 9.73 Å². The number of hydrogen-bond donors (Lipinski definition) is 2. The first-order valence-corrected chi connectivity index (χ1v) is 7.89. The summed E-state index contributed by atoms with van der Waals surface area (Å²) in [5.41, 5.74) is 1.88. The fraction of sp³-hybridized carbons (Fsp3) is 0.0625. The van der Waals surface area contributed by atoms with Gasteiger partial charge >= 0.3 is 0 Å². The molecule has 114 valence electrons. The van der Waals surface area contributed by atoms with Gasteiger partial charge in [0.1, 0.15) is 6.26 Å². The normalized spacial score (nSPS) is 11.0. The van der Waals surface area contributed by atoms with Crippen LogP contribution in [-0.4, -0.2) is 21.1 Å². The Kier molecular flexibility index (Phi) is 3.39. The molecule has 0 spiro atoms. The van der Waals surface area contributed by atoms with Gasteiger partial charge in [0.15, 0.2) is 5.69 Å². The minimum Gasteiger partial charge on any atom is -0.443 e. The summed E-state index contributed by atoms with van der Waals surface area (Å²) in [6, 6.07) is 11.4. The van der Waals surface area contributed by atoms with E-state index in [0.29, 0.717) is 17.3 Å². The van der Waals surface area contributed by atoms with Crippen molar-refractivity contribution in [3.05, 3.63) is 59.4 Å². The molecule has 0 saturated heterocycles. The van der Waals surface area contributed by atoms with Gasteiger partial charge in [-0.25, -0.2) is 4.98 Å². The second-order valence-electron chi connectivity index (χ2n) is 4.92. The lowest BCUT2D eigenvalue weighted by molar-refractivity contribution is 0.0947. The summed E-state index contributed by atoms with van der Waals surface area (Å²) < 4.78 is 5.43. The van der Waals surface area contributed by atoms with Crippen molar-refractivity contribution in [2.24, 2.45) is 0 Å². The molecule has 1 aromatic carbocycles. The highest BCUT2D eigenvalue weighted by Gasteiger charge is 2.14. The Hall–Kier alpha value is -2.93. The molecule has 3 heterocycles. The van der Waals surface area contributed by atoms with Crippen LogP contribution in [0.5, 0.6) is 0 Å². The summed E-state index contributed by atoms with van der Waals surface area (Å²) in [4.78, 5) is 17.6. The van der Waals surface area contributed by atoms with Crippen molar-refractivity contribution >= 4 is 28.1 Å². The van der Waals surface area contributed by atoms with Crippen molar-refractivity contribution in [2.45, 2.75) is 6.54 Å². The summed E-state index contributed by atoms with van der Waals surface area (Å²) >= 11 is 1.56. The maximum atomic E-state index is 12.3. The topological polar surface area (TPSA) is 83.8 Å². The monoisotopic (exact) mass is 324 g/mol. The largest absolute Gasteiger partial charge is 0.443 e. The van der Waals surface area contributed by atoms with Crippen molar-refractivity contribution < 1.29 is 9.21 Å². The third-order valence-corrected chi connectivity index (χ3v) is 4.26. The number of nitrogens with one attached hydrogen (secondary N) is 2. The molecule has 0 fully saturated rings. The van der Waals surface area contributed by atoms with Gasteiger partial charge in [-0.1, -0.05) is 24.3 Å². The Morgan fingerprint density at radius 3 is 3.04 bits per heavy atom. The van der Waals surface area contributed by atoms with Gasteiger partial charge in [-0.15, -0.1) is 11.3 Å². The Morgan fingerprint density at radius 1 is 1.26 bits per heavy atom. The first kappa shape index (κ1) is 13.7. The number of hydrogen-bond acceptors (Lipinski definition) is 5. The summed E-state index contributed by atoms with van der Waals surface area (Å²) in [7, 11) is 0. The maximum Gasteiger partial charge on any atom is 0.272 e. The molecule has 4 aromatic rings. The van der Waals surface area contributed by atoms with Crippen molar-refractivity contribution in [2.75, 3.05) is 0 Å². The number of carbonyl (C=O) groups is 1. The van der Waals surface area contributed by atoms with Gasteiger partial charge in [0.2, 0.25) is 5.89 Å². The highest BCUT2D eigenvalue weighted by molar-refractivity contribution is 7.13. The molecule has 0 bridgehead atoms. The molecule has 23 heavy (non-hydrogen) atoms. The van der Waals surface area contributed by atoms with Crippen LogP contribution in [0.4, 0.5) is 0 Å². The number of carbonyl (C=O) groups excluding carboxylic acids is 1. The number of benzene rings is 1. The number of H-pyrrole nitrogens is 1. The van der Waals surface area contributed by atoms with Crippen molar-refractivity contribution in [3.8, 4) is 10.8 Å². The van der Waals surface area contributed by atoms with Crippen LogP contribution >= 0.6 is 11.3 Å². The number of oxazole rings is 1. The average Bonchev–Trinajstić information content (AvgIpc) is 3.31. The van der Waals surface area contributed by atoms with Gasteiger partial charge in [0, 0.05) is 5.39 Å². The van der Waals surface area contributed by atoms with Crippen LogP contribution in [0.25, 0.3) is 21.7 Å². The molecule has 4 rings (SSSR count). The molecule has 0 saturated carbocycles. The maximum absolute atomic E-state index is 12.3. The zero-order valence-electron chi connectivity index (χ0n) is 11.9. The predicted molar refractivity (Wildman–Crippen MR) is 87.1 cm³/mol. The van der Waals surface area contributed by atoms with Gasteiger partial charge in [-0.2, -0.15) is 5.10 Å². The van der Waals surface area contributed by atoms with Crippen LogP contribution < -0.4 is 5.32 Å². The average molecular weight is 324 g/mol. The fourth-order valence-electron chi connectivity index (χ4n) is 2.29. The number of thiophene rings is 1. The zero-order valence-corrected chi connectivity index (χ0v) is 12.8. The van der Waals surface area contributed by atoms with Gasteiger partial charge in [-0.05, 0) is 17.5 Å². The molecule has 3 aromatic heterocycles. The smallest absolute Gasteiger partial charge is 0.272 e. The number of aromatic amines is 1. The van der Waals surface area contributed by atoms with E-state index in [0.717, 1.165) is 15.8 Å². The Labute approximate surface area is 135 Å². The summed E-state index contributed by atoms with van der Waals surface area (Å²) in [5.74, 6) is 0.317. The molecule has 0 aliphatic rings. The van der Waals surface area contributed by atoms with Crippen LogP contribution in [0.3, 0.4) is 0 Å². The van der Waals surface area contributed by atoms with Gasteiger partial charge in [0.05, 0.1) is 22.6 Å². The SMILES string of the molecule is O=C(NCc1coc(-c2cccs2)n1)c1n[nH]c2ccccc12. The van der Waals surface area contributed by atoms with Crippen LogP contribution in [-0.2, 0) is 6.54 Å². The highest BCUT2D eigenvalue weighted by Crippen LogP contribution is 2.23. The fourth-order valence-corrected chi connectivity index (χ4v) is 2.95. The van der Waals surface area contributed by atoms with Crippen LogP contribution in [0, 0.1) is 0 Å². The first-order valence-electron chi connectivity index (χ1n) is 7.01. The summed E-state index contributed by atoms with van der Waals surface area (Å²) in [6.07, 6.45) is 1.55. The summed E-state index contributed by atoms with van der Waals surface area (Å²) in [5, 5.41) is 12.5. The summed E-state index contributed by atoms with van der Waals surface area (Å²) in [6.45, 7) is 0.287. The Bertz CT molecular complexity index is 955. The zero-order chi connectivity index (χ0) is 15.6. The third-order valence-electron chi connectivity index (χ3n) is 3.40. The molecule has 6 nitrogen and oxygen atoms in total. The molecule has 0 aliphatic heterocycles. The number of rotatable bonds is 4. The molecule has 1 amide bonds. The van der Waals surface area contributed by atoms with Crippen molar-refractivity contribution in [1.29, 1.82) is 0 Å². The van der Waals surface area contributed by atoms with Gasteiger partial charge in [0.25, 0.3) is 5.91 Å². The van der Waals surface area contributed by atoms with Gasteiger partial charge in [-0.3, -0.25) is 9.89 Å². The van der Waals surface area contributed by atoms with E-state index in [4.69, 9.17) is 4.42 Å². The Morgan fingerprint density at radius 2 is 2.17 bits per heavy atom. The highest BCUT2D eigenvalue weighted by atomic mass is 32.1. The minimum absolute atomic E-state index is 0.247. The van der Waals surface area contributed by atoms with E-state index in [1.165, 1.54) is 0 Å². The molecule has 0 radical (unpaired) electrons. The molecular formula is C16H12N4O2S. The van der Waals surface area contributed by atoms with E-state index in [1.54, 1.807) is 17.6 Å². The molecule has 0 atom stereocenters. The first-order chi connectivity index (χ1) is 11.3. The van der Waals surface area contributed by atoms with Crippen LogP contribution in [0.1, 0.15) is 16.2 Å². The van der Waals surface area contributed by atoms with E-state index in [9.17, 15) is 4.79 Å². The quantitative estimate of drug-likeness (QED) is 0.604. The van der Waals surface area contributed by atoms with Crippen LogP contribution in [0.2, 0.25) is 0 Å². The van der Waals surface area contributed by atoms with E-state index >= 15 is 0 Å². The number of para-hydroxylation sites is 1. The third kappa shape index (κ3) is 2.62. The van der Waals surface area contributed by atoms with E-state index in [-0.39, 0.29) is 12.5 Å². The minimum atomic E-state index is -0.247. The second kappa shape index (κ2) is 5.69.